The molecule has 0 aromatic rings. The van der Waals surface area contributed by atoms with Crippen LogP contribution in [0.25, 0.3) is 0 Å². The van der Waals surface area contributed by atoms with Crippen LogP contribution in [-0.4, -0.2) is 30.4 Å². The molecule has 3 heteroatoms. The Bertz CT molecular complexity index is 169. The molecule has 1 fully saturated rings. The van der Waals surface area contributed by atoms with Gasteiger partial charge >= 0.3 is 0 Å². The van der Waals surface area contributed by atoms with Gasteiger partial charge in [0.1, 0.15) is 0 Å². The van der Waals surface area contributed by atoms with Crippen molar-refractivity contribution >= 4 is 5.84 Å². The van der Waals surface area contributed by atoms with Crippen LogP contribution in [0, 0.1) is 10.8 Å². The van der Waals surface area contributed by atoms with Crippen molar-refractivity contribution in [1.82, 2.24) is 4.90 Å². The van der Waals surface area contributed by atoms with E-state index in [4.69, 9.17) is 11.1 Å². The highest BCUT2D eigenvalue weighted by molar-refractivity contribution is 5.83. The summed E-state index contributed by atoms with van der Waals surface area (Å²) in [5.41, 5.74) is 5.53. The van der Waals surface area contributed by atoms with E-state index in [1.54, 1.807) is 0 Å². The van der Waals surface area contributed by atoms with E-state index < -0.39 is 0 Å². The van der Waals surface area contributed by atoms with E-state index in [-0.39, 0.29) is 5.41 Å². The zero-order valence-electron chi connectivity index (χ0n) is 8.06. The zero-order valence-corrected chi connectivity index (χ0v) is 8.06. The van der Waals surface area contributed by atoms with Gasteiger partial charge in [-0.3, -0.25) is 5.41 Å². The lowest BCUT2D eigenvalue weighted by molar-refractivity contribution is 0.169. The summed E-state index contributed by atoms with van der Waals surface area (Å²) in [7, 11) is 0. The fourth-order valence-corrected chi connectivity index (χ4v) is 1.63. The Morgan fingerprint density at radius 2 is 2.00 bits per heavy atom. The van der Waals surface area contributed by atoms with Gasteiger partial charge in [0.15, 0.2) is 0 Å². The Labute approximate surface area is 74.4 Å². The highest BCUT2D eigenvalue weighted by atomic mass is 15.1. The first-order chi connectivity index (χ1) is 5.58. The lowest BCUT2D eigenvalue weighted by Gasteiger charge is -2.38. The van der Waals surface area contributed by atoms with Crippen molar-refractivity contribution in [2.75, 3.05) is 19.6 Å². The minimum Gasteiger partial charge on any atom is -0.387 e. The quantitative estimate of drug-likeness (QED) is 0.479. The smallest absolute Gasteiger partial charge is 0.0966 e. The van der Waals surface area contributed by atoms with Crippen molar-refractivity contribution in [3.05, 3.63) is 0 Å². The number of piperidine rings is 1. The monoisotopic (exact) mass is 169 g/mol. The molecule has 0 spiro atoms. The van der Waals surface area contributed by atoms with Crippen molar-refractivity contribution in [2.24, 2.45) is 11.1 Å². The number of hydrogen-bond donors (Lipinski definition) is 2. The van der Waals surface area contributed by atoms with E-state index in [2.05, 4.69) is 18.7 Å². The maximum atomic E-state index is 7.47. The third-order valence-electron chi connectivity index (χ3n) is 3.06. The number of rotatable bonds is 2. The summed E-state index contributed by atoms with van der Waals surface area (Å²) < 4.78 is 0. The van der Waals surface area contributed by atoms with Crippen LogP contribution >= 0.6 is 0 Å². The summed E-state index contributed by atoms with van der Waals surface area (Å²) in [5.74, 6) is 0.359. The molecule has 1 heterocycles. The van der Waals surface area contributed by atoms with E-state index in [0.29, 0.717) is 5.84 Å². The van der Waals surface area contributed by atoms with Gasteiger partial charge in [0.2, 0.25) is 0 Å². The SMILES string of the molecule is CCN1CCC(C)(C(=N)N)CC1. The topological polar surface area (TPSA) is 53.1 Å². The Morgan fingerprint density at radius 1 is 1.50 bits per heavy atom. The molecule has 70 valence electrons. The summed E-state index contributed by atoms with van der Waals surface area (Å²) in [6.45, 7) is 7.58. The molecule has 1 aliphatic heterocycles. The second-order valence-corrected chi connectivity index (χ2v) is 3.91. The lowest BCUT2D eigenvalue weighted by atomic mass is 9.79. The molecule has 0 unspecified atom stereocenters. The summed E-state index contributed by atoms with van der Waals surface area (Å²) in [5, 5.41) is 7.47. The fraction of sp³-hybridized carbons (Fsp3) is 0.889. The first kappa shape index (κ1) is 9.52. The molecule has 1 saturated heterocycles. The molecule has 1 aliphatic rings. The Morgan fingerprint density at radius 3 is 2.33 bits per heavy atom. The predicted molar refractivity (Wildman–Crippen MR) is 51.4 cm³/mol. The van der Waals surface area contributed by atoms with Gasteiger partial charge in [0.05, 0.1) is 5.84 Å². The summed E-state index contributed by atoms with van der Waals surface area (Å²) in [6.07, 6.45) is 2.08. The van der Waals surface area contributed by atoms with E-state index in [0.717, 1.165) is 32.5 Å². The van der Waals surface area contributed by atoms with Gasteiger partial charge in [-0.1, -0.05) is 13.8 Å². The van der Waals surface area contributed by atoms with Crippen molar-refractivity contribution in [3.8, 4) is 0 Å². The average Bonchev–Trinajstić information content (AvgIpc) is 2.06. The normalized spacial score (nSPS) is 23.8. The molecule has 0 bridgehead atoms. The largest absolute Gasteiger partial charge is 0.387 e. The van der Waals surface area contributed by atoms with Gasteiger partial charge < -0.3 is 10.6 Å². The van der Waals surface area contributed by atoms with E-state index in [1.807, 2.05) is 0 Å². The van der Waals surface area contributed by atoms with Crippen LogP contribution in [0.1, 0.15) is 26.7 Å². The molecule has 3 N–H and O–H groups in total. The minimum absolute atomic E-state index is 0.0222. The summed E-state index contributed by atoms with van der Waals surface area (Å²) >= 11 is 0. The molecule has 0 aromatic heterocycles. The number of amidine groups is 1. The average molecular weight is 169 g/mol. The van der Waals surface area contributed by atoms with Crippen molar-refractivity contribution in [2.45, 2.75) is 26.7 Å². The number of nitrogens with one attached hydrogen (secondary N) is 1. The summed E-state index contributed by atoms with van der Waals surface area (Å²) in [6, 6.07) is 0. The highest BCUT2D eigenvalue weighted by Crippen LogP contribution is 2.30. The van der Waals surface area contributed by atoms with Crippen LogP contribution in [0.15, 0.2) is 0 Å². The Kier molecular flexibility index (Phi) is 2.73. The third kappa shape index (κ3) is 1.78. The molecule has 0 saturated carbocycles. The minimum atomic E-state index is -0.0222. The second kappa shape index (κ2) is 3.44. The van der Waals surface area contributed by atoms with Crippen molar-refractivity contribution in [3.63, 3.8) is 0 Å². The highest BCUT2D eigenvalue weighted by Gasteiger charge is 2.32. The standard InChI is InChI=1S/C9H19N3/c1-3-12-6-4-9(2,5-7-12)8(10)11/h3-7H2,1-2H3,(H3,10,11). The molecule has 1 rings (SSSR count). The zero-order chi connectivity index (χ0) is 9.19. The fourth-order valence-electron chi connectivity index (χ4n) is 1.63. The van der Waals surface area contributed by atoms with Gasteiger partial charge in [-0.15, -0.1) is 0 Å². The van der Waals surface area contributed by atoms with Crippen LogP contribution in [0.4, 0.5) is 0 Å². The van der Waals surface area contributed by atoms with E-state index >= 15 is 0 Å². The van der Waals surface area contributed by atoms with Crippen LogP contribution in [0.5, 0.6) is 0 Å². The predicted octanol–water partition coefficient (Wildman–Crippen LogP) is 1.04. The number of nitrogens with two attached hydrogens (primary N) is 1. The van der Waals surface area contributed by atoms with Crippen LogP contribution in [0.2, 0.25) is 0 Å². The molecular weight excluding hydrogens is 150 g/mol. The van der Waals surface area contributed by atoms with Crippen LogP contribution in [0.3, 0.4) is 0 Å². The molecule has 0 radical (unpaired) electrons. The maximum absolute atomic E-state index is 7.47. The van der Waals surface area contributed by atoms with E-state index in [9.17, 15) is 0 Å². The third-order valence-corrected chi connectivity index (χ3v) is 3.06. The second-order valence-electron chi connectivity index (χ2n) is 3.91. The molecule has 3 nitrogen and oxygen atoms in total. The Hall–Kier alpha value is -0.570. The molecular formula is C9H19N3. The number of likely N-dealkylation sites (tertiary alicyclic amines) is 1. The number of nitrogens with zero attached hydrogens (tertiary/aromatic N) is 1. The van der Waals surface area contributed by atoms with Crippen LogP contribution < -0.4 is 5.73 Å². The molecule has 0 aromatic carbocycles. The Balaban J connectivity index is 2.49. The van der Waals surface area contributed by atoms with Gasteiger partial charge in [0, 0.05) is 5.41 Å². The van der Waals surface area contributed by atoms with Crippen molar-refractivity contribution in [1.29, 1.82) is 5.41 Å². The molecule has 12 heavy (non-hydrogen) atoms. The molecule has 0 aliphatic carbocycles. The van der Waals surface area contributed by atoms with Gasteiger partial charge in [-0.25, -0.2) is 0 Å². The molecule has 0 atom stereocenters. The first-order valence-corrected chi connectivity index (χ1v) is 4.65. The maximum Gasteiger partial charge on any atom is 0.0966 e. The summed E-state index contributed by atoms with van der Waals surface area (Å²) in [4.78, 5) is 2.41. The van der Waals surface area contributed by atoms with Gasteiger partial charge in [-0.2, -0.15) is 0 Å². The first-order valence-electron chi connectivity index (χ1n) is 4.65. The number of hydrogen-bond acceptors (Lipinski definition) is 2. The van der Waals surface area contributed by atoms with Gasteiger partial charge in [-0.05, 0) is 32.5 Å². The van der Waals surface area contributed by atoms with Gasteiger partial charge in [0.25, 0.3) is 0 Å². The lowest BCUT2D eigenvalue weighted by Crippen LogP contribution is -2.44. The van der Waals surface area contributed by atoms with Crippen LogP contribution in [-0.2, 0) is 0 Å². The van der Waals surface area contributed by atoms with E-state index in [1.165, 1.54) is 0 Å². The van der Waals surface area contributed by atoms with Crippen molar-refractivity contribution < 1.29 is 0 Å². The molecule has 0 amide bonds.